The van der Waals surface area contributed by atoms with Gasteiger partial charge in [0.2, 0.25) is 0 Å². The lowest BCUT2D eigenvalue weighted by Crippen LogP contribution is -2.25. The van der Waals surface area contributed by atoms with Crippen molar-refractivity contribution in [3.8, 4) is 0 Å². The maximum Gasteiger partial charge on any atom is 0.139 e. The zero-order chi connectivity index (χ0) is 7.98. The molecule has 0 aliphatic carbocycles. The van der Waals surface area contributed by atoms with Gasteiger partial charge in [-0.3, -0.25) is 0 Å². The van der Waals surface area contributed by atoms with Crippen molar-refractivity contribution >= 4 is 19.2 Å². The SMILES string of the molecule is CCN(CC)CC[SiH](C)Cl. The van der Waals surface area contributed by atoms with Crippen molar-refractivity contribution in [1.29, 1.82) is 0 Å². The third-order valence-electron chi connectivity index (χ3n) is 1.74. The van der Waals surface area contributed by atoms with E-state index in [2.05, 4.69) is 25.3 Å². The Morgan fingerprint density at radius 1 is 1.30 bits per heavy atom. The Kier molecular flexibility index (Phi) is 6.48. The van der Waals surface area contributed by atoms with Gasteiger partial charge in [-0.15, -0.1) is 0 Å². The van der Waals surface area contributed by atoms with Gasteiger partial charge in [-0.25, -0.2) is 0 Å². The van der Waals surface area contributed by atoms with Gasteiger partial charge in [0, 0.05) is 0 Å². The van der Waals surface area contributed by atoms with Crippen LogP contribution in [0.5, 0.6) is 0 Å². The molecule has 3 heteroatoms. The summed E-state index contributed by atoms with van der Waals surface area (Å²) in [6, 6.07) is 1.24. The molecule has 0 fully saturated rings. The van der Waals surface area contributed by atoms with Crippen LogP contribution in [0.4, 0.5) is 0 Å². The first-order valence-electron chi connectivity index (χ1n) is 4.07. The van der Waals surface area contributed by atoms with Crippen LogP contribution in [0.3, 0.4) is 0 Å². The van der Waals surface area contributed by atoms with E-state index in [0.29, 0.717) is 0 Å². The van der Waals surface area contributed by atoms with Gasteiger partial charge in [-0.1, -0.05) is 20.4 Å². The summed E-state index contributed by atoms with van der Waals surface area (Å²) in [5, 5.41) is 0. The topological polar surface area (TPSA) is 3.24 Å². The van der Waals surface area contributed by atoms with Gasteiger partial charge in [-0.2, -0.15) is 11.1 Å². The summed E-state index contributed by atoms with van der Waals surface area (Å²) in [6.07, 6.45) is 0. The predicted octanol–water partition coefficient (Wildman–Crippen LogP) is 1.92. The molecule has 0 aromatic heterocycles. The fraction of sp³-hybridized carbons (Fsp3) is 1.00. The molecule has 0 amide bonds. The smallest absolute Gasteiger partial charge is 0.139 e. The van der Waals surface area contributed by atoms with Crippen LogP contribution < -0.4 is 0 Å². The molecule has 0 bridgehead atoms. The number of hydrogen-bond donors (Lipinski definition) is 0. The Bertz CT molecular complexity index is 74.0. The third kappa shape index (κ3) is 5.27. The number of halogens is 1. The quantitative estimate of drug-likeness (QED) is 0.461. The molecule has 0 spiro atoms. The lowest BCUT2D eigenvalue weighted by Gasteiger charge is -2.17. The minimum absolute atomic E-state index is 0.824. The van der Waals surface area contributed by atoms with Gasteiger partial charge >= 0.3 is 0 Å². The highest BCUT2D eigenvalue weighted by Crippen LogP contribution is 1.99. The van der Waals surface area contributed by atoms with Crippen LogP contribution in [0.25, 0.3) is 0 Å². The number of rotatable bonds is 5. The van der Waals surface area contributed by atoms with Gasteiger partial charge < -0.3 is 4.90 Å². The Morgan fingerprint density at radius 3 is 2.10 bits per heavy atom. The maximum absolute atomic E-state index is 5.95. The lowest BCUT2D eigenvalue weighted by atomic mass is 10.5. The summed E-state index contributed by atoms with van der Waals surface area (Å²) in [5.74, 6) is 0. The monoisotopic (exact) mass is 179 g/mol. The van der Waals surface area contributed by atoms with Crippen molar-refractivity contribution in [3.05, 3.63) is 0 Å². The minimum atomic E-state index is -0.824. The Hall–Kier alpha value is 0.467. The zero-order valence-corrected chi connectivity index (χ0v) is 9.14. The fourth-order valence-corrected chi connectivity index (χ4v) is 1.91. The lowest BCUT2D eigenvalue weighted by molar-refractivity contribution is 0.320. The second-order valence-corrected chi connectivity index (χ2v) is 6.97. The second-order valence-electron chi connectivity index (χ2n) is 2.60. The first-order chi connectivity index (χ1) is 4.70. The van der Waals surface area contributed by atoms with Crippen LogP contribution in [-0.4, -0.2) is 32.6 Å². The summed E-state index contributed by atoms with van der Waals surface area (Å²) in [7, 11) is -0.824. The van der Waals surface area contributed by atoms with Gasteiger partial charge in [0.1, 0.15) is 8.11 Å². The summed E-state index contributed by atoms with van der Waals surface area (Å²) < 4.78 is 0. The molecule has 1 nitrogen and oxygen atoms in total. The third-order valence-corrected chi connectivity index (χ3v) is 3.45. The van der Waals surface area contributed by atoms with Crippen LogP contribution in [0.15, 0.2) is 0 Å². The molecule has 0 aromatic carbocycles. The Labute approximate surface area is 70.7 Å². The molecule has 0 aliphatic rings. The van der Waals surface area contributed by atoms with E-state index in [0.717, 1.165) is 13.1 Å². The molecule has 1 unspecified atom stereocenters. The normalized spacial score (nSPS) is 14.1. The van der Waals surface area contributed by atoms with E-state index in [9.17, 15) is 0 Å². The zero-order valence-electron chi connectivity index (χ0n) is 7.23. The number of nitrogens with zero attached hydrogens (tertiary/aromatic N) is 1. The van der Waals surface area contributed by atoms with Crippen molar-refractivity contribution in [1.82, 2.24) is 4.90 Å². The van der Waals surface area contributed by atoms with Crippen LogP contribution in [-0.2, 0) is 0 Å². The largest absolute Gasteiger partial charge is 0.304 e. The van der Waals surface area contributed by atoms with Gasteiger partial charge in [0.25, 0.3) is 0 Å². The minimum Gasteiger partial charge on any atom is -0.304 e. The van der Waals surface area contributed by atoms with Crippen molar-refractivity contribution in [3.63, 3.8) is 0 Å². The van der Waals surface area contributed by atoms with E-state index in [-0.39, 0.29) is 0 Å². The first-order valence-corrected chi connectivity index (χ1v) is 7.78. The first kappa shape index (κ1) is 10.5. The average molecular weight is 180 g/mol. The standard InChI is InChI=1S/C7H18ClNSi/c1-4-9(5-2)6-7-10(3)8/h10H,4-7H2,1-3H3. The molecular weight excluding hydrogens is 162 g/mol. The van der Waals surface area contributed by atoms with E-state index in [1.807, 2.05) is 0 Å². The summed E-state index contributed by atoms with van der Waals surface area (Å²) in [4.78, 5) is 2.42. The van der Waals surface area contributed by atoms with Crippen LogP contribution >= 0.6 is 11.1 Å². The average Bonchev–Trinajstić information content (AvgIpc) is 1.90. The van der Waals surface area contributed by atoms with Gasteiger partial charge in [0.05, 0.1) is 0 Å². The van der Waals surface area contributed by atoms with Crippen molar-refractivity contribution in [2.45, 2.75) is 26.4 Å². The fourth-order valence-electron chi connectivity index (χ4n) is 0.900. The van der Waals surface area contributed by atoms with E-state index >= 15 is 0 Å². The molecule has 1 atom stereocenters. The molecule has 0 N–H and O–H groups in total. The molecular formula is C7H18ClNSi. The van der Waals surface area contributed by atoms with E-state index in [1.165, 1.54) is 12.6 Å². The molecule has 0 radical (unpaired) electrons. The molecule has 0 saturated carbocycles. The second kappa shape index (κ2) is 6.19. The molecule has 0 aromatic rings. The highest BCUT2D eigenvalue weighted by Gasteiger charge is 2.02. The molecule has 0 aliphatic heterocycles. The van der Waals surface area contributed by atoms with Gasteiger partial charge in [0.15, 0.2) is 0 Å². The maximum atomic E-state index is 5.95. The van der Waals surface area contributed by atoms with Crippen LogP contribution in [0.1, 0.15) is 13.8 Å². The van der Waals surface area contributed by atoms with Crippen LogP contribution in [0.2, 0.25) is 12.6 Å². The summed E-state index contributed by atoms with van der Waals surface area (Å²) >= 11 is 5.95. The molecule has 0 rings (SSSR count). The molecule has 62 valence electrons. The van der Waals surface area contributed by atoms with E-state index in [1.54, 1.807) is 0 Å². The highest BCUT2D eigenvalue weighted by atomic mass is 35.6. The van der Waals surface area contributed by atoms with Crippen molar-refractivity contribution in [2.75, 3.05) is 19.6 Å². The molecule has 0 heterocycles. The predicted molar refractivity (Wildman–Crippen MR) is 51.5 cm³/mol. The van der Waals surface area contributed by atoms with Crippen molar-refractivity contribution < 1.29 is 0 Å². The Morgan fingerprint density at radius 2 is 1.80 bits per heavy atom. The van der Waals surface area contributed by atoms with E-state index < -0.39 is 8.11 Å². The van der Waals surface area contributed by atoms with Gasteiger partial charge in [-0.05, 0) is 25.7 Å². The van der Waals surface area contributed by atoms with E-state index in [4.69, 9.17) is 11.1 Å². The highest BCUT2D eigenvalue weighted by molar-refractivity contribution is 7.06. The number of hydrogen-bond acceptors (Lipinski definition) is 1. The molecule has 0 saturated heterocycles. The summed E-state index contributed by atoms with van der Waals surface area (Å²) in [5.41, 5.74) is 0. The molecule has 10 heavy (non-hydrogen) atoms. The van der Waals surface area contributed by atoms with Crippen molar-refractivity contribution in [2.24, 2.45) is 0 Å². The Balaban J connectivity index is 3.26. The van der Waals surface area contributed by atoms with Crippen LogP contribution in [0, 0.1) is 0 Å². The summed E-state index contributed by atoms with van der Waals surface area (Å²) in [6.45, 7) is 10.1.